The summed E-state index contributed by atoms with van der Waals surface area (Å²) in [5.74, 6) is -2.20. The summed E-state index contributed by atoms with van der Waals surface area (Å²) in [6.07, 6.45) is 5.50. The number of rotatable bonds is 18. The van der Waals surface area contributed by atoms with Crippen LogP contribution < -0.4 is 11.5 Å². The lowest BCUT2D eigenvalue weighted by molar-refractivity contribution is -0.158. The zero-order valence-electron chi connectivity index (χ0n) is 16.5. The number of nitrogens with two attached hydrogens (primary N) is 2. The highest BCUT2D eigenvalue weighted by Crippen LogP contribution is 2.13. The van der Waals surface area contributed by atoms with Crippen molar-refractivity contribution >= 4 is 11.8 Å². The van der Waals surface area contributed by atoms with Crippen LogP contribution >= 0.6 is 0 Å². The predicted octanol–water partition coefficient (Wildman–Crippen LogP) is 0.736. The second-order valence-electron chi connectivity index (χ2n) is 7.06. The molecular formula is C19H38N2O6. The topological polar surface area (TPSA) is 156 Å². The number of carbonyl (C=O) groups is 2. The Morgan fingerprint density at radius 1 is 0.741 bits per heavy atom. The zero-order chi connectivity index (χ0) is 20.7. The van der Waals surface area contributed by atoms with Crippen molar-refractivity contribution in [2.45, 2.75) is 102 Å². The normalized spacial score (nSPS) is 15.9. The van der Waals surface area contributed by atoms with Crippen LogP contribution in [0.15, 0.2) is 0 Å². The van der Waals surface area contributed by atoms with Gasteiger partial charge < -0.3 is 31.5 Å². The van der Waals surface area contributed by atoms with Gasteiger partial charge in [-0.2, -0.15) is 0 Å². The van der Waals surface area contributed by atoms with E-state index < -0.39 is 36.2 Å². The number of aliphatic hydroxyl groups excluding tert-OH is 3. The molecule has 0 saturated carbocycles. The molecule has 0 unspecified atom stereocenters. The Bertz CT molecular complexity index is 408. The zero-order valence-corrected chi connectivity index (χ0v) is 16.5. The van der Waals surface area contributed by atoms with Crippen molar-refractivity contribution < 1.29 is 29.6 Å². The highest BCUT2D eigenvalue weighted by molar-refractivity contribution is 5.81. The Balaban J connectivity index is 3.88. The fourth-order valence-electron chi connectivity index (χ4n) is 2.86. The molecule has 0 fully saturated rings. The minimum Gasteiger partial charge on any atom is -0.387 e. The summed E-state index contributed by atoms with van der Waals surface area (Å²) >= 11 is 0. The first kappa shape index (κ1) is 25.8. The van der Waals surface area contributed by atoms with Gasteiger partial charge in [0.15, 0.2) is 12.2 Å². The first-order chi connectivity index (χ1) is 12.8. The van der Waals surface area contributed by atoms with Gasteiger partial charge in [-0.05, 0) is 6.42 Å². The molecule has 160 valence electrons. The summed E-state index contributed by atoms with van der Waals surface area (Å²) in [7, 11) is 0. The largest absolute Gasteiger partial charge is 0.387 e. The van der Waals surface area contributed by atoms with Crippen molar-refractivity contribution in [2.24, 2.45) is 11.5 Å². The summed E-state index contributed by atoms with van der Waals surface area (Å²) < 4.78 is 5.25. The highest BCUT2D eigenvalue weighted by atomic mass is 16.5. The number of carbonyl (C=O) groups excluding carboxylic acids is 2. The number of hydrogen-bond donors (Lipinski definition) is 5. The highest BCUT2D eigenvalue weighted by Gasteiger charge is 2.37. The van der Waals surface area contributed by atoms with Gasteiger partial charge in [0.25, 0.3) is 0 Å². The Hall–Kier alpha value is -1.22. The lowest BCUT2D eigenvalue weighted by atomic mass is 10.0. The molecule has 0 aromatic carbocycles. The summed E-state index contributed by atoms with van der Waals surface area (Å²) in [6.45, 7) is 2.39. The molecule has 27 heavy (non-hydrogen) atoms. The number of aliphatic hydroxyl groups is 3. The van der Waals surface area contributed by atoms with Crippen molar-refractivity contribution in [2.75, 3.05) is 6.61 Å². The van der Waals surface area contributed by atoms with Gasteiger partial charge in [-0.15, -0.1) is 0 Å². The maximum absolute atomic E-state index is 11.4. The fraction of sp³-hybridized carbons (Fsp3) is 0.895. The Kier molecular flexibility index (Phi) is 15.1. The molecule has 0 aromatic rings. The third-order valence-corrected chi connectivity index (χ3v) is 4.60. The third kappa shape index (κ3) is 12.0. The number of unbranched alkanes of at least 4 members (excludes halogenated alkanes) is 10. The van der Waals surface area contributed by atoms with Gasteiger partial charge in [-0.3, -0.25) is 9.59 Å². The third-order valence-electron chi connectivity index (χ3n) is 4.60. The molecule has 0 heterocycles. The quantitative estimate of drug-likeness (QED) is 0.217. The van der Waals surface area contributed by atoms with Gasteiger partial charge in [0, 0.05) is 6.61 Å². The second kappa shape index (κ2) is 15.8. The van der Waals surface area contributed by atoms with Crippen molar-refractivity contribution in [1.82, 2.24) is 0 Å². The number of primary amides is 2. The summed E-state index contributed by atoms with van der Waals surface area (Å²) in [5, 5.41) is 29.0. The molecule has 8 heteroatoms. The molecule has 0 aliphatic heterocycles. The average molecular weight is 391 g/mol. The van der Waals surface area contributed by atoms with E-state index in [1.165, 1.54) is 44.9 Å². The maximum Gasteiger partial charge on any atom is 0.249 e. The number of amides is 2. The maximum atomic E-state index is 11.4. The van der Waals surface area contributed by atoms with Crippen LogP contribution in [0.4, 0.5) is 0 Å². The van der Waals surface area contributed by atoms with Crippen LogP contribution in [0.25, 0.3) is 0 Å². The monoisotopic (exact) mass is 390 g/mol. The van der Waals surface area contributed by atoms with Crippen LogP contribution in [0, 0.1) is 0 Å². The molecule has 0 rings (SSSR count). The van der Waals surface area contributed by atoms with Crippen molar-refractivity contribution in [3.8, 4) is 0 Å². The summed E-state index contributed by atoms with van der Waals surface area (Å²) in [6, 6.07) is 0. The molecule has 0 aromatic heterocycles. The standard InChI is InChI=1S/C19H38N2O6/c1-2-3-4-5-6-7-8-9-10-11-12-13-27-17(19(21)26)15(23)14(22)16(24)18(20)25/h14-17,22-24H,2-13H2,1H3,(H2,20,25)(H2,21,26)/t14-,15-,16-,17+/m0/s1. The van der Waals surface area contributed by atoms with Crippen LogP contribution in [0.1, 0.15) is 77.6 Å². The van der Waals surface area contributed by atoms with E-state index in [0.717, 1.165) is 19.3 Å². The van der Waals surface area contributed by atoms with E-state index in [0.29, 0.717) is 6.42 Å². The Morgan fingerprint density at radius 2 is 1.19 bits per heavy atom. The van der Waals surface area contributed by atoms with Crippen LogP contribution in [0.2, 0.25) is 0 Å². The molecule has 0 aliphatic carbocycles. The van der Waals surface area contributed by atoms with Crippen LogP contribution in [-0.4, -0.2) is 58.2 Å². The first-order valence-electron chi connectivity index (χ1n) is 10.1. The van der Waals surface area contributed by atoms with E-state index in [2.05, 4.69) is 6.92 Å². The van der Waals surface area contributed by atoms with Crippen molar-refractivity contribution in [3.63, 3.8) is 0 Å². The molecule has 8 nitrogen and oxygen atoms in total. The lowest BCUT2D eigenvalue weighted by Gasteiger charge is -2.26. The van der Waals surface area contributed by atoms with E-state index in [-0.39, 0.29) is 6.61 Å². The van der Waals surface area contributed by atoms with E-state index in [4.69, 9.17) is 16.2 Å². The molecule has 2 amide bonds. The van der Waals surface area contributed by atoms with Gasteiger partial charge >= 0.3 is 0 Å². The van der Waals surface area contributed by atoms with Gasteiger partial charge in [-0.25, -0.2) is 0 Å². The number of hydrogen-bond acceptors (Lipinski definition) is 6. The van der Waals surface area contributed by atoms with E-state index in [1.54, 1.807) is 0 Å². The molecule has 7 N–H and O–H groups in total. The first-order valence-corrected chi connectivity index (χ1v) is 10.1. The Morgan fingerprint density at radius 3 is 1.59 bits per heavy atom. The molecule has 0 radical (unpaired) electrons. The fourth-order valence-corrected chi connectivity index (χ4v) is 2.86. The lowest BCUT2D eigenvalue weighted by Crippen LogP contribution is -2.53. The minimum atomic E-state index is -2.01. The Labute approximate surface area is 162 Å². The van der Waals surface area contributed by atoms with Gasteiger partial charge in [0.2, 0.25) is 11.8 Å². The van der Waals surface area contributed by atoms with Crippen LogP contribution in [-0.2, 0) is 14.3 Å². The molecule has 0 aliphatic rings. The molecule has 0 saturated heterocycles. The SMILES string of the molecule is CCCCCCCCCCCCCO[C@@H](C(N)=O)[C@@H](O)[C@H](O)[C@H](O)C(N)=O. The van der Waals surface area contributed by atoms with Gasteiger partial charge in [0.1, 0.15) is 12.2 Å². The molecule has 0 spiro atoms. The van der Waals surface area contributed by atoms with Crippen molar-refractivity contribution in [3.05, 3.63) is 0 Å². The van der Waals surface area contributed by atoms with E-state index >= 15 is 0 Å². The number of ether oxygens (including phenoxy) is 1. The van der Waals surface area contributed by atoms with Crippen LogP contribution in [0.3, 0.4) is 0 Å². The second-order valence-corrected chi connectivity index (χ2v) is 7.06. The smallest absolute Gasteiger partial charge is 0.249 e. The van der Waals surface area contributed by atoms with Gasteiger partial charge in [0.05, 0.1) is 0 Å². The molecule has 0 bridgehead atoms. The van der Waals surface area contributed by atoms with E-state index in [1.807, 2.05) is 0 Å². The van der Waals surface area contributed by atoms with Gasteiger partial charge in [-0.1, -0.05) is 71.1 Å². The summed E-state index contributed by atoms with van der Waals surface area (Å²) in [4.78, 5) is 22.3. The molecule has 4 atom stereocenters. The van der Waals surface area contributed by atoms with Crippen molar-refractivity contribution in [1.29, 1.82) is 0 Å². The van der Waals surface area contributed by atoms with E-state index in [9.17, 15) is 24.9 Å². The minimum absolute atomic E-state index is 0.182. The van der Waals surface area contributed by atoms with Crippen LogP contribution in [0.5, 0.6) is 0 Å². The average Bonchev–Trinajstić information content (AvgIpc) is 2.63. The predicted molar refractivity (Wildman–Crippen MR) is 103 cm³/mol. The summed E-state index contributed by atoms with van der Waals surface area (Å²) in [5.41, 5.74) is 10.0. The molecular weight excluding hydrogens is 352 g/mol.